The van der Waals surface area contributed by atoms with E-state index in [1.807, 2.05) is 0 Å². The Bertz CT molecular complexity index is 699. The topological polar surface area (TPSA) is 60.2 Å². The molecule has 0 amide bonds. The van der Waals surface area contributed by atoms with Crippen LogP contribution in [0.1, 0.15) is 5.56 Å². The molecule has 0 saturated carbocycles. The summed E-state index contributed by atoms with van der Waals surface area (Å²) in [7, 11) is -3.48. The number of rotatable bonds is 3. The molecule has 0 spiro atoms. The third-order valence-electron chi connectivity index (χ3n) is 2.58. The van der Waals surface area contributed by atoms with Crippen LogP contribution in [0.25, 0.3) is 0 Å². The molecule has 2 aromatic rings. The molecule has 0 aromatic heterocycles. The monoisotopic (exact) mass is 359 g/mol. The second-order valence-corrected chi connectivity index (χ2v) is 7.38. The van der Waals surface area contributed by atoms with Crippen LogP contribution in [0.2, 0.25) is 5.02 Å². The smallest absolute Gasteiger partial charge is 0.184 e. The first-order valence-corrected chi connectivity index (χ1v) is 8.23. The minimum atomic E-state index is -3.48. The van der Waals surface area contributed by atoms with Gasteiger partial charge in [0, 0.05) is 9.50 Å². The summed E-state index contributed by atoms with van der Waals surface area (Å²) in [5, 5.41) is 0.572. The van der Waals surface area contributed by atoms with Gasteiger partial charge in [-0.15, -0.1) is 0 Å². The number of sulfone groups is 1. The van der Waals surface area contributed by atoms with Crippen molar-refractivity contribution in [1.29, 1.82) is 0 Å². The van der Waals surface area contributed by atoms with Gasteiger partial charge in [0.15, 0.2) is 9.84 Å². The van der Waals surface area contributed by atoms with Crippen LogP contribution in [-0.4, -0.2) is 8.42 Å². The van der Waals surface area contributed by atoms with E-state index in [4.69, 9.17) is 17.3 Å². The van der Waals surface area contributed by atoms with Crippen molar-refractivity contribution >= 4 is 43.1 Å². The summed E-state index contributed by atoms with van der Waals surface area (Å²) < 4.78 is 25.3. The maximum absolute atomic E-state index is 12.3. The minimum absolute atomic E-state index is 0.106. The first-order valence-electron chi connectivity index (χ1n) is 5.41. The van der Waals surface area contributed by atoms with E-state index in [0.29, 0.717) is 15.1 Å². The van der Waals surface area contributed by atoms with Gasteiger partial charge in [0.2, 0.25) is 0 Å². The van der Waals surface area contributed by atoms with Crippen molar-refractivity contribution in [2.24, 2.45) is 0 Å². The minimum Gasteiger partial charge on any atom is -0.398 e. The van der Waals surface area contributed by atoms with Gasteiger partial charge < -0.3 is 5.73 Å². The summed E-state index contributed by atoms with van der Waals surface area (Å²) in [6, 6.07) is 11.5. The number of anilines is 1. The van der Waals surface area contributed by atoms with Crippen LogP contribution in [0.5, 0.6) is 0 Å². The molecule has 3 nitrogen and oxygen atoms in total. The molecule has 0 aliphatic heterocycles. The van der Waals surface area contributed by atoms with Gasteiger partial charge in [0.25, 0.3) is 0 Å². The number of nitrogen functional groups attached to an aromatic ring is 1. The van der Waals surface area contributed by atoms with Crippen molar-refractivity contribution in [3.8, 4) is 0 Å². The summed E-state index contributed by atoms with van der Waals surface area (Å²) in [4.78, 5) is 0.136. The zero-order chi connectivity index (χ0) is 14.0. The molecule has 19 heavy (non-hydrogen) atoms. The molecule has 0 heterocycles. The van der Waals surface area contributed by atoms with Gasteiger partial charge in [-0.25, -0.2) is 8.42 Å². The van der Waals surface area contributed by atoms with Crippen LogP contribution in [0.15, 0.2) is 51.8 Å². The third-order valence-corrected chi connectivity index (χ3v) is 5.06. The second-order valence-electron chi connectivity index (χ2n) is 4.07. The van der Waals surface area contributed by atoms with Gasteiger partial charge >= 0.3 is 0 Å². The van der Waals surface area contributed by atoms with Crippen LogP contribution in [0.3, 0.4) is 0 Å². The van der Waals surface area contributed by atoms with Gasteiger partial charge in [0.1, 0.15) is 0 Å². The van der Waals surface area contributed by atoms with E-state index in [-0.39, 0.29) is 16.3 Å². The zero-order valence-corrected chi connectivity index (χ0v) is 13.0. The van der Waals surface area contributed by atoms with Gasteiger partial charge in [-0.05, 0) is 35.9 Å². The molecule has 0 aliphatic carbocycles. The number of benzene rings is 2. The molecule has 6 heteroatoms. The van der Waals surface area contributed by atoms with Crippen LogP contribution < -0.4 is 5.73 Å². The standard InChI is InChI=1S/C13H11BrClNO2S/c14-10-3-6-12(16)13(7-10)19(17,18)8-9-1-4-11(15)5-2-9/h1-7H,8,16H2. The summed E-state index contributed by atoms with van der Waals surface area (Å²) in [6.07, 6.45) is 0. The molecule has 0 radical (unpaired) electrons. The van der Waals surface area contributed by atoms with E-state index in [9.17, 15) is 8.42 Å². The Labute approximate surface area is 125 Å². The lowest BCUT2D eigenvalue weighted by Gasteiger charge is -2.08. The Morgan fingerprint density at radius 3 is 2.37 bits per heavy atom. The van der Waals surface area contributed by atoms with E-state index >= 15 is 0 Å². The first kappa shape index (κ1) is 14.4. The molecule has 100 valence electrons. The average Bonchev–Trinajstić information content (AvgIpc) is 2.35. The average molecular weight is 361 g/mol. The quantitative estimate of drug-likeness (QED) is 0.850. The lowest BCUT2D eigenvalue weighted by atomic mass is 10.2. The summed E-state index contributed by atoms with van der Waals surface area (Å²) in [6.45, 7) is 0. The van der Waals surface area contributed by atoms with E-state index in [1.165, 1.54) is 6.07 Å². The predicted octanol–water partition coefficient (Wildman–Crippen LogP) is 3.66. The van der Waals surface area contributed by atoms with Crippen LogP contribution in [0.4, 0.5) is 5.69 Å². The molecule has 2 aromatic carbocycles. The molecule has 0 atom stereocenters. The Kier molecular flexibility index (Phi) is 4.18. The number of halogens is 2. The zero-order valence-electron chi connectivity index (χ0n) is 9.81. The number of hydrogen-bond donors (Lipinski definition) is 1. The highest BCUT2D eigenvalue weighted by molar-refractivity contribution is 9.10. The lowest BCUT2D eigenvalue weighted by Crippen LogP contribution is -2.08. The molecular weight excluding hydrogens is 350 g/mol. The SMILES string of the molecule is Nc1ccc(Br)cc1S(=O)(=O)Cc1ccc(Cl)cc1. The van der Waals surface area contributed by atoms with Crippen LogP contribution in [0, 0.1) is 0 Å². The molecule has 2 N–H and O–H groups in total. The first-order chi connectivity index (χ1) is 8.88. The fourth-order valence-electron chi connectivity index (χ4n) is 1.66. The summed E-state index contributed by atoms with van der Waals surface area (Å²) in [5.74, 6) is -0.106. The Hall–Kier alpha value is -1.04. The molecule has 0 bridgehead atoms. The van der Waals surface area contributed by atoms with E-state index < -0.39 is 9.84 Å². The summed E-state index contributed by atoms with van der Waals surface area (Å²) in [5.41, 5.74) is 6.65. The fraction of sp³-hybridized carbons (Fsp3) is 0.0769. The Morgan fingerprint density at radius 2 is 1.74 bits per heavy atom. The predicted molar refractivity (Wildman–Crippen MR) is 80.9 cm³/mol. The van der Waals surface area contributed by atoms with Crippen molar-refractivity contribution in [3.05, 3.63) is 57.5 Å². The van der Waals surface area contributed by atoms with E-state index in [2.05, 4.69) is 15.9 Å². The lowest BCUT2D eigenvalue weighted by molar-refractivity contribution is 0.595. The molecule has 0 unspecified atom stereocenters. The normalized spacial score (nSPS) is 11.5. The number of hydrogen-bond acceptors (Lipinski definition) is 3. The van der Waals surface area contributed by atoms with E-state index in [1.54, 1.807) is 36.4 Å². The van der Waals surface area contributed by atoms with Gasteiger partial charge in [0.05, 0.1) is 16.3 Å². The highest BCUT2D eigenvalue weighted by Crippen LogP contribution is 2.26. The molecule has 2 rings (SSSR count). The highest BCUT2D eigenvalue weighted by atomic mass is 79.9. The van der Waals surface area contributed by atoms with Crippen molar-refractivity contribution < 1.29 is 8.42 Å². The van der Waals surface area contributed by atoms with Gasteiger partial charge in [-0.2, -0.15) is 0 Å². The fourth-order valence-corrected chi connectivity index (χ4v) is 3.81. The van der Waals surface area contributed by atoms with Gasteiger partial charge in [-0.3, -0.25) is 0 Å². The highest BCUT2D eigenvalue weighted by Gasteiger charge is 2.18. The van der Waals surface area contributed by atoms with Crippen molar-refractivity contribution in [2.45, 2.75) is 10.6 Å². The number of nitrogens with two attached hydrogens (primary N) is 1. The van der Waals surface area contributed by atoms with Crippen molar-refractivity contribution in [3.63, 3.8) is 0 Å². The second kappa shape index (κ2) is 5.53. The maximum Gasteiger partial charge on any atom is 0.184 e. The summed E-state index contributed by atoms with van der Waals surface area (Å²) >= 11 is 9.02. The van der Waals surface area contributed by atoms with E-state index in [0.717, 1.165) is 0 Å². The molecule has 0 fully saturated rings. The van der Waals surface area contributed by atoms with Crippen LogP contribution >= 0.6 is 27.5 Å². The maximum atomic E-state index is 12.3. The van der Waals surface area contributed by atoms with Gasteiger partial charge in [-0.1, -0.05) is 39.7 Å². The molecule has 0 saturated heterocycles. The Balaban J connectivity index is 2.37. The van der Waals surface area contributed by atoms with Crippen molar-refractivity contribution in [1.82, 2.24) is 0 Å². The molecular formula is C13H11BrClNO2S. The van der Waals surface area contributed by atoms with Crippen molar-refractivity contribution in [2.75, 3.05) is 5.73 Å². The third kappa shape index (κ3) is 3.49. The molecule has 0 aliphatic rings. The van der Waals surface area contributed by atoms with Crippen LogP contribution in [-0.2, 0) is 15.6 Å². The largest absolute Gasteiger partial charge is 0.398 e. The Morgan fingerprint density at radius 1 is 1.11 bits per heavy atom.